The first-order valence-electron chi connectivity index (χ1n) is 7.03. The van der Waals surface area contributed by atoms with Crippen molar-refractivity contribution >= 4 is 42.7 Å². The molecule has 130 valence electrons. The molecule has 3 rings (SSSR count). The zero-order valence-electron chi connectivity index (χ0n) is 13.0. The van der Waals surface area contributed by atoms with Crippen LogP contribution in [0.4, 0.5) is 0 Å². The van der Waals surface area contributed by atoms with Crippen molar-refractivity contribution in [3.05, 3.63) is 65.8 Å². The van der Waals surface area contributed by atoms with Gasteiger partial charge in [-0.25, -0.2) is 4.21 Å². The molecular weight excluding hydrogens is 400 g/mol. The number of benzene rings is 1. The van der Waals surface area contributed by atoms with Gasteiger partial charge in [-0.05, 0) is 48.5 Å². The van der Waals surface area contributed by atoms with Crippen molar-refractivity contribution < 1.29 is 12.6 Å². The summed E-state index contributed by atoms with van der Waals surface area (Å²) in [6.07, 6.45) is 2.92. The van der Waals surface area contributed by atoms with Gasteiger partial charge in [0.05, 0.1) is 20.3 Å². The van der Waals surface area contributed by atoms with Gasteiger partial charge in [0.2, 0.25) is 0 Å². The van der Waals surface area contributed by atoms with E-state index >= 15 is 0 Å². The summed E-state index contributed by atoms with van der Waals surface area (Å²) < 4.78 is 41.6. The van der Waals surface area contributed by atoms with Gasteiger partial charge in [-0.15, -0.1) is 15.1 Å². The largest absolute Gasteiger partial charge is 0.299 e. The first kappa shape index (κ1) is 18.1. The van der Waals surface area contributed by atoms with Gasteiger partial charge in [0.1, 0.15) is 4.21 Å². The Balaban J connectivity index is 2.01. The number of nitrogens with zero attached hydrogens (tertiary/aromatic N) is 2. The number of rotatable bonds is 4. The molecule has 0 aliphatic heterocycles. The fourth-order valence-electron chi connectivity index (χ4n) is 2.06. The summed E-state index contributed by atoms with van der Waals surface area (Å²) in [5.74, 6) is 0. The molecule has 5 nitrogen and oxygen atoms in total. The summed E-state index contributed by atoms with van der Waals surface area (Å²) in [4.78, 5) is 5.20. The van der Waals surface area contributed by atoms with Crippen LogP contribution in [0.15, 0.2) is 73.7 Å². The molecule has 3 aromatic rings. The molecule has 0 bridgehead atoms. The summed E-state index contributed by atoms with van der Waals surface area (Å²) in [5.41, 5.74) is 0.670. The summed E-state index contributed by atoms with van der Waals surface area (Å²) in [6.45, 7) is 0. The summed E-state index contributed by atoms with van der Waals surface area (Å²) in [6, 6.07) is 14.6. The smallest absolute Gasteiger partial charge is 0.255 e. The topological polar surface area (TPSA) is 76.5 Å². The van der Waals surface area contributed by atoms with Gasteiger partial charge >= 0.3 is 0 Å². The van der Waals surface area contributed by atoms with E-state index in [2.05, 4.69) is 8.75 Å². The van der Waals surface area contributed by atoms with Crippen LogP contribution in [0.5, 0.6) is 0 Å². The van der Waals surface area contributed by atoms with Gasteiger partial charge < -0.3 is 0 Å². The van der Waals surface area contributed by atoms with E-state index < -0.39 is 19.8 Å². The van der Waals surface area contributed by atoms with Crippen LogP contribution in [0.2, 0.25) is 5.02 Å². The Morgan fingerprint density at radius 1 is 1.00 bits per heavy atom. The monoisotopic (exact) mass is 412 g/mol. The third kappa shape index (κ3) is 4.09. The van der Waals surface area contributed by atoms with Gasteiger partial charge in [0.15, 0.2) is 0 Å². The van der Waals surface area contributed by atoms with E-state index in [1.54, 1.807) is 36.5 Å². The Hall–Kier alpha value is -1.74. The van der Waals surface area contributed by atoms with E-state index in [9.17, 15) is 12.6 Å². The minimum atomic E-state index is -4.06. The molecule has 2 aromatic heterocycles. The molecule has 0 spiro atoms. The lowest BCUT2D eigenvalue weighted by Crippen LogP contribution is -2.03. The molecule has 1 atom stereocenters. The molecule has 2 heterocycles. The minimum Gasteiger partial charge on any atom is -0.255 e. The molecule has 0 radical (unpaired) electrons. The Kier molecular flexibility index (Phi) is 4.97. The van der Waals surface area contributed by atoms with Crippen molar-refractivity contribution in [3.63, 3.8) is 0 Å². The maximum absolute atomic E-state index is 12.8. The van der Waals surface area contributed by atoms with Crippen LogP contribution in [0, 0.1) is 0 Å². The van der Waals surface area contributed by atoms with Crippen molar-refractivity contribution in [1.29, 1.82) is 0 Å². The van der Waals surface area contributed by atoms with Crippen LogP contribution in [-0.2, 0) is 19.8 Å². The van der Waals surface area contributed by atoms with Crippen LogP contribution in [-0.4, -0.2) is 23.9 Å². The quantitative estimate of drug-likeness (QED) is 0.639. The van der Waals surface area contributed by atoms with Crippen molar-refractivity contribution in [2.24, 2.45) is 3.77 Å². The Bertz CT molecular complexity index is 1110. The fraction of sp³-hybridized carbons (Fsp3) is 0.0625. The molecule has 1 aromatic carbocycles. The van der Waals surface area contributed by atoms with Gasteiger partial charge in [-0.2, -0.15) is 8.42 Å². The molecular formula is C16H13ClN2O3S3. The third-order valence-corrected chi connectivity index (χ3v) is 8.99. The number of hydrogen-bond donors (Lipinski definition) is 0. The number of pyridine rings is 1. The molecule has 9 heteroatoms. The highest BCUT2D eigenvalue weighted by Gasteiger charge is 2.20. The molecule has 0 N–H and O–H groups in total. The minimum absolute atomic E-state index is 0.0247. The van der Waals surface area contributed by atoms with Crippen LogP contribution < -0.4 is 0 Å². The normalized spacial score (nSPS) is 14.0. The van der Waals surface area contributed by atoms with E-state index in [0.717, 1.165) is 11.3 Å². The molecule has 0 saturated heterocycles. The molecule has 25 heavy (non-hydrogen) atoms. The molecule has 0 aliphatic carbocycles. The second-order valence-electron chi connectivity index (χ2n) is 5.14. The first-order chi connectivity index (χ1) is 11.8. The Morgan fingerprint density at radius 3 is 2.36 bits per heavy atom. The third-order valence-electron chi connectivity index (χ3n) is 3.24. The first-order valence-corrected chi connectivity index (χ1v) is 11.6. The SMILES string of the molecule is C[S@@](=O)(=NS(=O)(=O)c1ccc(-c2ccccn2)s1)c1ccc(Cl)cc1. The van der Waals surface area contributed by atoms with E-state index in [4.69, 9.17) is 11.6 Å². The zero-order valence-corrected chi connectivity index (χ0v) is 16.2. The van der Waals surface area contributed by atoms with Crippen LogP contribution >= 0.6 is 22.9 Å². The standard InChI is InChI=1S/C16H13ClN2O3S3/c1-24(20,13-7-5-12(17)6-8-13)19-25(21,22)16-10-9-15(23-16)14-4-2-3-11-18-14/h2-11H,1H3/t24-/m0/s1. The highest BCUT2D eigenvalue weighted by Crippen LogP contribution is 2.31. The maximum Gasteiger partial charge on any atom is 0.299 e. The molecule has 0 fully saturated rings. The average Bonchev–Trinajstić information content (AvgIpc) is 3.06. The lowest BCUT2D eigenvalue weighted by molar-refractivity contribution is 0.600. The summed E-state index contributed by atoms with van der Waals surface area (Å²) in [7, 11) is -7.17. The second kappa shape index (κ2) is 6.87. The molecule has 0 aliphatic rings. The Morgan fingerprint density at radius 2 is 1.72 bits per heavy atom. The predicted molar refractivity (Wildman–Crippen MR) is 101 cm³/mol. The van der Waals surface area contributed by atoms with Crippen molar-refractivity contribution in [1.82, 2.24) is 4.98 Å². The lowest BCUT2D eigenvalue weighted by atomic mass is 10.3. The van der Waals surface area contributed by atoms with Gasteiger partial charge in [0, 0.05) is 22.4 Å². The average molecular weight is 413 g/mol. The molecule has 0 saturated carbocycles. The number of hydrogen-bond acceptors (Lipinski definition) is 5. The van der Waals surface area contributed by atoms with Gasteiger partial charge in [-0.3, -0.25) is 4.98 Å². The number of halogens is 1. The van der Waals surface area contributed by atoms with Crippen LogP contribution in [0.3, 0.4) is 0 Å². The lowest BCUT2D eigenvalue weighted by Gasteiger charge is -2.04. The second-order valence-corrected chi connectivity index (χ2v) is 11.0. The van der Waals surface area contributed by atoms with Crippen molar-refractivity contribution in [2.45, 2.75) is 9.10 Å². The van der Waals surface area contributed by atoms with E-state index in [1.807, 2.05) is 6.07 Å². The fourth-order valence-corrected chi connectivity index (χ4v) is 6.88. The maximum atomic E-state index is 12.8. The number of aromatic nitrogens is 1. The van der Waals surface area contributed by atoms with Gasteiger partial charge in [0.25, 0.3) is 10.0 Å². The predicted octanol–water partition coefficient (Wildman–Crippen LogP) is 4.31. The molecule has 0 amide bonds. The Labute approximate surface area is 155 Å². The van der Waals surface area contributed by atoms with Crippen LogP contribution in [0.1, 0.15) is 0 Å². The number of sulfonamides is 1. The van der Waals surface area contributed by atoms with Crippen molar-refractivity contribution in [3.8, 4) is 10.6 Å². The van der Waals surface area contributed by atoms with E-state index in [1.165, 1.54) is 24.5 Å². The highest BCUT2D eigenvalue weighted by molar-refractivity contribution is 8.03. The highest BCUT2D eigenvalue weighted by atomic mass is 35.5. The number of thiophene rings is 1. The molecule has 0 unspecified atom stereocenters. The zero-order chi connectivity index (χ0) is 18.1. The van der Waals surface area contributed by atoms with Gasteiger partial charge in [-0.1, -0.05) is 17.7 Å². The van der Waals surface area contributed by atoms with Crippen molar-refractivity contribution in [2.75, 3.05) is 6.26 Å². The summed E-state index contributed by atoms with van der Waals surface area (Å²) >= 11 is 6.85. The summed E-state index contributed by atoms with van der Waals surface area (Å²) in [5, 5.41) is 0.472. The van der Waals surface area contributed by atoms with E-state index in [0.29, 0.717) is 20.5 Å². The van der Waals surface area contributed by atoms with E-state index in [-0.39, 0.29) is 4.21 Å². The van der Waals surface area contributed by atoms with Crippen LogP contribution in [0.25, 0.3) is 10.6 Å².